The Hall–Kier alpha value is -2.35. The summed E-state index contributed by atoms with van der Waals surface area (Å²) in [5.41, 5.74) is 1.77. The first kappa shape index (κ1) is 15.0. The second kappa shape index (κ2) is 6.89. The Morgan fingerprint density at radius 1 is 1.52 bits per heavy atom. The highest BCUT2D eigenvalue weighted by molar-refractivity contribution is 5.85. The Kier molecular flexibility index (Phi) is 4.94. The fourth-order valence-corrected chi connectivity index (χ4v) is 2.04. The number of rotatable bonds is 6. The van der Waals surface area contributed by atoms with Gasteiger partial charge in [0.25, 0.3) is 5.70 Å². The summed E-state index contributed by atoms with van der Waals surface area (Å²) in [6.07, 6.45) is 3.80. The molecule has 0 bridgehead atoms. The van der Waals surface area contributed by atoms with Gasteiger partial charge in [0.05, 0.1) is 13.3 Å². The van der Waals surface area contributed by atoms with Crippen molar-refractivity contribution in [3.8, 4) is 0 Å². The fourth-order valence-electron chi connectivity index (χ4n) is 2.04. The molecule has 0 radical (unpaired) electrons. The summed E-state index contributed by atoms with van der Waals surface area (Å²) in [7, 11) is 1.14. The molecule has 0 amide bonds. The van der Waals surface area contributed by atoms with Gasteiger partial charge >= 0.3 is 5.97 Å². The van der Waals surface area contributed by atoms with Crippen molar-refractivity contribution in [3.05, 3.63) is 53.1 Å². The number of esters is 1. The molecule has 0 saturated carbocycles. The van der Waals surface area contributed by atoms with Gasteiger partial charge in [0.2, 0.25) is 0 Å². The van der Waals surface area contributed by atoms with E-state index < -0.39 is 16.9 Å². The van der Waals surface area contributed by atoms with E-state index in [0.29, 0.717) is 13.0 Å². The van der Waals surface area contributed by atoms with E-state index in [1.54, 1.807) is 0 Å². The zero-order valence-corrected chi connectivity index (χ0v) is 11.6. The maximum Gasteiger partial charge on any atom is 0.397 e. The molecule has 0 saturated heterocycles. The minimum Gasteiger partial charge on any atom is -0.595 e. The molecule has 0 aliphatic heterocycles. The molecule has 0 fully saturated rings. The van der Waals surface area contributed by atoms with Crippen LogP contribution in [-0.2, 0) is 16.0 Å². The molecule has 0 aliphatic carbocycles. The number of carbonyl (C=O) groups is 1. The molecule has 0 aliphatic rings. The number of H-pyrrole nitrogens is 1. The maximum absolute atomic E-state index is 11.2. The van der Waals surface area contributed by atoms with Crippen LogP contribution in [0, 0.1) is 5.21 Å². The number of ether oxygens (including phenoxy) is 1. The Balaban J connectivity index is 1.96. The smallest absolute Gasteiger partial charge is 0.397 e. The highest BCUT2D eigenvalue weighted by atomic mass is 16.8. The maximum atomic E-state index is 11.2. The van der Waals surface area contributed by atoms with E-state index in [1.165, 1.54) is 6.20 Å². The van der Waals surface area contributed by atoms with Crippen molar-refractivity contribution in [2.45, 2.75) is 6.42 Å². The molecule has 0 spiro atoms. The molecule has 4 N–H and O–H groups in total. The molecule has 21 heavy (non-hydrogen) atoms. The van der Waals surface area contributed by atoms with Gasteiger partial charge in [-0.2, -0.15) is 5.23 Å². The summed E-state index contributed by atoms with van der Waals surface area (Å²) >= 11 is 0. The van der Waals surface area contributed by atoms with Crippen molar-refractivity contribution in [2.24, 2.45) is 0 Å². The van der Waals surface area contributed by atoms with Crippen LogP contribution in [0.5, 0.6) is 0 Å². The summed E-state index contributed by atoms with van der Waals surface area (Å²) in [4.78, 5) is 14.4. The normalized spacial score (nSPS) is 13.2. The average molecular weight is 291 g/mol. The highest BCUT2D eigenvalue weighted by Crippen LogP contribution is 2.17. The third kappa shape index (κ3) is 3.60. The van der Waals surface area contributed by atoms with Gasteiger partial charge in [-0.05, 0) is 18.1 Å². The van der Waals surface area contributed by atoms with Crippen LogP contribution in [-0.4, -0.2) is 29.8 Å². The van der Waals surface area contributed by atoms with Crippen LogP contribution in [0.15, 0.2) is 42.4 Å². The van der Waals surface area contributed by atoms with E-state index in [9.17, 15) is 10.0 Å². The lowest BCUT2D eigenvalue weighted by Crippen LogP contribution is -3.03. The van der Waals surface area contributed by atoms with E-state index in [1.807, 2.05) is 30.5 Å². The average Bonchev–Trinajstić information content (AvgIpc) is 2.89. The van der Waals surface area contributed by atoms with E-state index in [-0.39, 0.29) is 0 Å². The number of methoxy groups -OCH3 is 1. The van der Waals surface area contributed by atoms with Crippen molar-refractivity contribution in [1.82, 2.24) is 10.3 Å². The predicted octanol–water partition coefficient (Wildman–Crippen LogP) is 0.0863. The monoisotopic (exact) mass is 291 g/mol. The van der Waals surface area contributed by atoms with E-state index in [0.717, 1.165) is 23.6 Å². The van der Waals surface area contributed by atoms with Crippen molar-refractivity contribution < 1.29 is 20.0 Å². The number of fused-ring (bicyclic) bond motifs is 1. The molecule has 7 heteroatoms. The van der Waals surface area contributed by atoms with E-state index in [2.05, 4.69) is 15.0 Å². The molecule has 7 nitrogen and oxygen atoms in total. The standard InChI is InChI=1S/C14H17N3O4/c1-21-14(18)13(17(19)20)9-15-7-6-10-8-16-12-5-3-2-4-11(10)12/h2-5,8-9,15-17,19H,6-7H2,1H3. The summed E-state index contributed by atoms with van der Waals surface area (Å²) in [6, 6.07) is 7.94. The zero-order chi connectivity index (χ0) is 15.2. The van der Waals surface area contributed by atoms with E-state index >= 15 is 0 Å². The first-order valence-corrected chi connectivity index (χ1v) is 6.43. The number of nitrogens with one attached hydrogen (secondary N) is 3. The van der Waals surface area contributed by atoms with Crippen molar-refractivity contribution in [2.75, 3.05) is 13.7 Å². The lowest BCUT2D eigenvalue weighted by atomic mass is 10.1. The number of hydrogen-bond donors (Lipinski definition) is 4. The SMILES string of the molecule is COC(=O)C(=CNCCc1c[nH]c2ccccc12)[NH+]([O-])O. The van der Waals surface area contributed by atoms with Crippen LogP contribution in [0.2, 0.25) is 0 Å². The van der Waals surface area contributed by atoms with Gasteiger partial charge in [0, 0.05) is 23.6 Å². The number of aromatic nitrogens is 1. The zero-order valence-electron chi connectivity index (χ0n) is 11.6. The number of hydroxylamine groups is 2. The quantitative estimate of drug-likeness (QED) is 0.261. The van der Waals surface area contributed by atoms with Crippen LogP contribution < -0.4 is 10.5 Å². The molecule has 1 atom stereocenters. The molecule has 2 aromatic rings. The third-order valence-electron chi connectivity index (χ3n) is 3.10. The van der Waals surface area contributed by atoms with E-state index in [4.69, 9.17) is 5.21 Å². The van der Waals surface area contributed by atoms with Crippen LogP contribution in [0.3, 0.4) is 0 Å². The number of benzene rings is 1. The number of quaternary nitrogens is 1. The minimum atomic E-state index is -1.32. The summed E-state index contributed by atoms with van der Waals surface area (Å²) in [5, 5.41) is 22.4. The Labute approximate surface area is 121 Å². The fraction of sp³-hybridized carbons (Fsp3) is 0.214. The van der Waals surface area contributed by atoms with Gasteiger partial charge < -0.3 is 20.2 Å². The number of aromatic amines is 1. The van der Waals surface area contributed by atoms with Crippen LogP contribution in [0.25, 0.3) is 10.9 Å². The number of hydrogen-bond acceptors (Lipinski definition) is 5. The highest BCUT2D eigenvalue weighted by Gasteiger charge is 2.16. The molecule has 1 unspecified atom stereocenters. The van der Waals surface area contributed by atoms with Gasteiger partial charge in [-0.15, -0.1) is 0 Å². The molecule has 1 aromatic carbocycles. The van der Waals surface area contributed by atoms with Gasteiger partial charge in [0.1, 0.15) is 0 Å². The summed E-state index contributed by atoms with van der Waals surface area (Å²) in [6.45, 7) is 0.510. The van der Waals surface area contributed by atoms with Crippen molar-refractivity contribution >= 4 is 16.9 Å². The minimum absolute atomic E-state index is 0.420. The Bertz CT molecular complexity index is 648. The second-order valence-electron chi connectivity index (χ2n) is 4.42. The molecule has 112 valence electrons. The Morgan fingerprint density at radius 3 is 3.00 bits per heavy atom. The summed E-state index contributed by atoms with van der Waals surface area (Å²) in [5.74, 6) is -0.873. The number of para-hydroxylation sites is 1. The first-order chi connectivity index (χ1) is 10.1. The summed E-state index contributed by atoms with van der Waals surface area (Å²) < 4.78 is 4.40. The number of carbonyl (C=O) groups excluding carboxylic acids is 1. The second-order valence-corrected chi connectivity index (χ2v) is 4.42. The third-order valence-corrected chi connectivity index (χ3v) is 3.10. The Morgan fingerprint density at radius 2 is 2.29 bits per heavy atom. The largest absolute Gasteiger partial charge is 0.595 e. The predicted molar refractivity (Wildman–Crippen MR) is 76.2 cm³/mol. The van der Waals surface area contributed by atoms with Gasteiger partial charge in [-0.25, -0.2) is 10.0 Å². The topological polar surface area (TPSA) is 102 Å². The van der Waals surface area contributed by atoms with Gasteiger partial charge in [0.15, 0.2) is 0 Å². The lowest BCUT2D eigenvalue weighted by molar-refractivity contribution is -1.01. The van der Waals surface area contributed by atoms with Gasteiger partial charge in [-0.1, -0.05) is 18.2 Å². The molecule has 1 aromatic heterocycles. The van der Waals surface area contributed by atoms with Gasteiger partial charge in [-0.3, -0.25) is 0 Å². The van der Waals surface area contributed by atoms with Crippen LogP contribution >= 0.6 is 0 Å². The lowest BCUT2D eigenvalue weighted by Gasteiger charge is -2.13. The first-order valence-electron chi connectivity index (χ1n) is 6.43. The molecular formula is C14H17N3O4. The van der Waals surface area contributed by atoms with Crippen molar-refractivity contribution in [3.63, 3.8) is 0 Å². The molecule has 2 rings (SSSR count). The molecular weight excluding hydrogens is 274 g/mol. The van der Waals surface area contributed by atoms with Crippen LogP contribution in [0.4, 0.5) is 0 Å². The molecule has 1 heterocycles. The van der Waals surface area contributed by atoms with Crippen LogP contribution in [0.1, 0.15) is 5.56 Å². The van der Waals surface area contributed by atoms with Crippen molar-refractivity contribution in [1.29, 1.82) is 0 Å².